The van der Waals surface area contributed by atoms with Gasteiger partial charge in [-0.1, -0.05) is 46.6 Å². The zero-order valence-electron chi connectivity index (χ0n) is 15.2. The first-order valence-corrected chi connectivity index (χ1v) is 10.0. The monoisotopic (exact) mass is 416 g/mol. The highest BCUT2D eigenvalue weighted by atomic mass is 79.9. The van der Waals surface area contributed by atoms with Crippen LogP contribution in [0.5, 0.6) is 5.75 Å². The molecule has 138 valence electrons. The van der Waals surface area contributed by atoms with Gasteiger partial charge in [0.2, 0.25) is 0 Å². The van der Waals surface area contributed by atoms with Crippen LogP contribution in [0.1, 0.15) is 37.3 Å². The summed E-state index contributed by atoms with van der Waals surface area (Å²) < 4.78 is 12.2. The number of hydrogen-bond donors (Lipinski definition) is 0. The molecule has 0 aliphatic heterocycles. The van der Waals surface area contributed by atoms with Crippen molar-refractivity contribution < 1.29 is 14.3 Å². The molecule has 0 unspecified atom stereocenters. The van der Waals surface area contributed by atoms with Gasteiger partial charge >= 0.3 is 5.97 Å². The largest absolute Gasteiger partial charge is 0.493 e. The number of halogens is 1. The smallest absolute Gasteiger partial charge is 0.312 e. The van der Waals surface area contributed by atoms with Crippen molar-refractivity contribution in [1.29, 1.82) is 0 Å². The molecule has 0 heterocycles. The van der Waals surface area contributed by atoms with E-state index < -0.39 is 0 Å². The Kier molecular flexibility index (Phi) is 6.36. The van der Waals surface area contributed by atoms with Crippen LogP contribution in [-0.2, 0) is 22.4 Å². The van der Waals surface area contributed by atoms with Gasteiger partial charge in [0.25, 0.3) is 0 Å². The highest BCUT2D eigenvalue weighted by Crippen LogP contribution is 2.45. The fourth-order valence-corrected chi connectivity index (χ4v) is 3.64. The minimum atomic E-state index is -0.306. The Bertz CT molecular complexity index is 718. The lowest BCUT2D eigenvalue weighted by Crippen LogP contribution is -2.41. The minimum absolute atomic E-state index is 0.0407. The molecular formula is C22H25BrO3. The number of carbonyl (C=O) groups excluding carboxylic acids is 1. The minimum Gasteiger partial charge on any atom is -0.493 e. The van der Waals surface area contributed by atoms with Crippen LogP contribution in [0.4, 0.5) is 0 Å². The van der Waals surface area contributed by atoms with E-state index in [-0.39, 0.29) is 11.4 Å². The van der Waals surface area contributed by atoms with Crippen LogP contribution in [0.15, 0.2) is 53.0 Å². The Morgan fingerprint density at radius 3 is 2.27 bits per heavy atom. The molecule has 2 aromatic rings. The second-order valence-corrected chi connectivity index (χ2v) is 7.82. The van der Waals surface area contributed by atoms with E-state index in [0.717, 1.165) is 47.9 Å². The van der Waals surface area contributed by atoms with Crippen molar-refractivity contribution in [1.82, 2.24) is 0 Å². The maximum Gasteiger partial charge on any atom is 0.312 e. The highest BCUT2D eigenvalue weighted by molar-refractivity contribution is 9.10. The van der Waals surface area contributed by atoms with Gasteiger partial charge in [0.05, 0.1) is 18.6 Å². The number of carbonyl (C=O) groups is 1. The number of rotatable bonds is 8. The molecule has 0 radical (unpaired) electrons. The maximum atomic E-state index is 12.3. The number of ether oxygens (including phenoxy) is 2. The summed E-state index contributed by atoms with van der Waals surface area (Å²) in [5.74, 6) is 0.825. The van der Waals surface area contributed by atoms with Crippen LogP contribution in [0.25, 0.3) is 0 Å². The zero-order valence-corrected chi connectivity index (χ0v) is 16.8. The van der Waals surface area contributed by atoms with E-state index in [9.17, 15) is 4.79 Å². The third-order valence-electron chi connectivity index (χ3n) is 5.06. The first kappa shape index (κ1) is 19.0. The molecular weight excluding hydrogens is 392 g/mol. The Morgan fingerprint density at radius 2 is 1.69 bits per heavy atom. The summed E-state index contributed by atoms with van der Waals surface area (Å²) in [6.45, 7) is 2.96. The van der Waals surface area contributed by atoms with Gasteiger partial charge in [0.1, 0.15) is 5.75 Å². The maximum absolute atomic E-state index is 12.3. The summed E-state index contributed by atoms with van der Waals surface area (Å²) in [7, 11) is 0. The van der Waals surface area contributed by atoms with Crippen molar-refractivity contribution in [2.75, 3.05) is 13.2 Å². The molecule has 3 nitrogen and oxygen atoms in total. The fraction of sp³-hybridized carbons (Fsp3) is 0.409. The molecule has 3 rings (SSSR count). The molecule has 0 bridgehead atoms. The molecule has 2 aromatic carbocycles. The van der Waals surface area contributed by atoms with Crippen molar-refractivity contribution in [3.63, 3.8) is 0 Å². The fourth-order valence-electron chi connectivity index (χ4n) is 3.37. The molecule has 1 fully saturated rings. The van der Waals surface area contributed by atoms with Gasteiger partial charge in [-0.25, -0.2) is 0 Å². The van der Waals surface area contributed by atoms with Gasteiger partial charge in [-0.2, -0.15) is 0 Å². The van der Waals surface area contributed by atoms with Gasteiger partial charge in [-0.15, -0.1) is 0 Å². The molecule has 0 N–H and O–H groups in total. The molecule has 0 atom stereocenters. The van der Waals surface area contributed by atoms with Crippen LogP contribution < -0.4 is 4.74 Å². The van der Waals surface area contributed by atoms with E-state index in [2.05, 4.69) is 40.2 Å². The second-order valence-electron chi connectivity index (χ2n) is 6.90. The first-order valence-electron chi connectivity index (χ1n) is 9.25. The predicted molar refractivity (Wildman–Crippen MR) is 106 cm³/mol. The average molecular weight is 417 g/mol. The van der Waals surface area contributed by atoms with Crippen LogP contribution in [0.3, 0.4) is 0 Å². The van der Waals surface area contributed by atoms with Crippen molar-refractivity contribution in [2.24, 2.45) is 5.41 Å². The van der Waals surface area contributed by atoms with E-state index in [1.54, 1.807) is 0 Å². The molecule has 26 heavy (non-hydrogen) atoms. The predicted octanol–water partition coefficient (Wildman–Crippen LogP) is 5.35. The van der Waals surface area contributed by atoms with Gasteiger partial charge in [-0.3, -0.25) is 4.79 Å². The summed E-state index contributed by atoms with van der Waals surface area (Å²) in [6, 6.07) is 16.4. The SMILES string of the molecule is CCOC(=O)C1(Cc2ccc(OCCc3ccc(Br)cc3)cc2)CCC1. The summed E-state index contributed by atoms with van der Waals surface area (Å²) in [5, 5.41) is 0. The second kappa shape index (κ2) is 8.72. The Balaban J connectivity index is 1.51. The van der Waals surface area contributed by atoms with Crippen LogP contribution in [-0.4, -0.2) is 19.2 Å². The third kappa shape index (κ3) is 4.67. The Hall–Kier alpha value is -1.81. The molecule has 0 spiro atoms. The van der Waals surface area contributed by atoms with E-state index in [1.807, 2.05) is 31.2 Å². The van der Waals surface area contributed by atoms with Crippen LogP contribution in [0, 0.1) is 5.41 Å². The lowest BCUT2D eigenvalue weighted by atomic mass is 9.65. The highest BCUT2D eigenvalue weighted by Gasteiger charge is 2.45. The van der Waals surface area contributed by atoms with E-state index in [1.165, 1.54) is 5.56 Å². The molecule has 0 amide bonds. The van der Waals surface area contributed by atoms with Gasteiger partial charge in [-0.05, 0) is 61.6 Å². The molecule has 1 aliphatic rings. The molecule has 1 aliphatic carbocycles. The normalized spacial score (nSPS) is 15.2. The number of esters is 1. The summed E-state index contributed by atoms with van der Waals surface area (Å²) in [6.07, 6.45) is 4.59. The topological polar surface area (TPSA) is 35.5 Å². The van der Waals surface area contributed by atoms with E-state index >= 15 is 0 Å². The zero-order chi connectivity index (χ0) is 18.4. The van der Waals surface area contributed by atoms with Crippen LogP contribution >= 0.6 is 15.9 Å². The van der Waals surface area contributed by atoms with Crippen molar-refractivity contribution >= 4 is 21.9 Å². The summed E-state index contributed by atoms with van der Waals surface area (Å²) in [4.78, 5) is 12.3. The molecule has 0 saturated heterocycles. The van der Waals surface area contributed by atoms with E-state index in [0.29, 0.717) is 13.2 Å². The molecule has 1 saturated carbocycles. The first-order chi connectivity index (χ1) is 12.6. The van der Waals surface area contributed by atoms with Gasteiger partial charge < -0.3 is 9.47 Å². The molecule has 4 heteroatoms. The quantitative estimate of drug-likeness (QED) is 0.544. The number of benzene rings is 2. The average Bonchev–Trinajstić information content (AvgIpc) is 2.61. The van der Waals surface area contributed by atoms with Gasteiger partial charge in [0, 0.05) is 10.9 Å². The lowest BCUT2D eigenvalue weighted by Gasteiger charge is -2.39. The third-order valence-corrected chi connectivity index (χ3v) is 5.59. The summed E-state index contributed by atoms with van der Waals surface area (Å²) >= 11 is 3.44. The van der Waals surface area contributed by atoms with Crippen LogP contribution in [0.2, 0.25) is 0 Å². The van der Waals surface area contributed by atoms with Crippen molar-refractivity contribution in [3.05, 3.63) is 64.1 Å². The summed E-state index contributed by atoms with van der Waals surface area (Å²) in [5.41, 5.74) is 2.11. The number of hydrogen-bond acceptors (Lipinski definition) is 3. The standard InChI is InChI=1S/C22H25BrO3/c1-2-25-21(24)22(13-3-14-22)16-18-6-10-20(11-7-18)26-15-12-17-4-8-19(23)9-5-17/h4-11H,2-3,12-16H2,1H3. The Labute approximate surface area is 163 Å². The van der Waals surface area contributed by atoms with Crippen molar-refractivity contribution in [3.8, 4) is 5.75 Å². The van der Waals surface area contributed by atoms with Crippen molar-refractivity contribution in [2.45, 2.75) is 39.0 Å². The molecule has 0 aromatic heterocycles. The van der Waals surface area contributed by atoms with Gasteiger partial charge in [0.15, 0.2) is 0 Å². The Morgan fingerprint density at radius 1 is 1.04 bits per heavy atom. The lowest BCUT2D eigenvalue weighted by molar-refractivity contribution is -0.161. The van der Waals surface area contributed by atoms with E-state index in [4.69, 9.17) is 9.47 Å².